The fraction of sp³-hybridized carbons (Fsp3) is 0.364. The number of rotatable bonds is 3. The van der Waals surface area contributed by atoms with Crippen LogP contribution in [-0.2, 0) is 0 Å². The summed E-state index contributed by atoms with van der Waals surface area (Å²) >= 11 is 5.79. The van der Waals surface area contributed by atoms with Crippen molar-refractivity contribution in [2.45, 2.75) is 13.0 Å². The van der Waals surface area contributed by atoms with Gasteiger partial charge in [-0.2, -0.15) is 0 Å². The Morgan fingerprint density at radius 1 is 1.62 bits per heavy atom. The van der Waals surface area contributed by atoms with Crippen molar-refractivity contribution >= 4 is 23.3 Å². The lowest BCUT2D eigenvalue weighted by Crippen LogP contribution is -2.40. The van der Waals surface area contributed by atoms with Gasteiger partial charge in [-0.05, 0) is 25.1 Å². The van der Waals surface area contributed by atoms with E-state index in [1.54, 1.807) is 38.2 Å². The Labute approximate surface area is 99.8 Å². The van der Waals surface area contributed by atoms with Crippen LogP contribution in [0.15, 0.2) is 24.3 Å². The van der Waals surface area contributed by atoms with Gasteiger partial charge in [-0.15, -0.1) is 0 Å². The highest BCUT2D eigenvalue weighted by atomic mass is 35.5. The van der Waals surface area contributed by atoms with Crippen LogP contribution in [0.25, 0.3) is 0 Å². The quantitative estimate of drug-likeness (QED) is 0.854. The summed E-state index contributed by atoms with van der Waals surface area (Å²) in [5.41, 5.74) is 0.634. The van der Waals surface area contributed by atoms with Crippen molar-refractivity contribution in [1.29, 1.82) is 0 Å². The summed E-state index contributed by atoms with van der Waals surface area (Å²) in [5.74, 6) is 0. The Bertz CT molecular complexity index is 371. The molecule has 0 radical (unpaired) electrons. The molecule has 1 rings (SSSR count). The minimum Gasteiger partial charge on any atom is -0.394 e. The van der Waals surface area contributed by atoms with Gasteiger partial charge in [0, 0.05) is 17.8 Å². The number of halogens is 1. The Hall–Kier alpha value is -1.26. The third-order valence-electron chi connectivity index (χ3n) is 2.32. The number of aliphatic hydroxyl groups excluding tert-OH is 1. The van der Waals surface area contributed by atoms with Crippen LogP contribution in [0.4, 0.5) is 10.5 Å². The van der Waals surface area contributed by atoms with Gasteiger partial charge < -0.3 is 15.3 Å². The fourth-order valence-corrected chi connectivity index (χ4v) is 1.29. The van der Waals surface area contributed by atoms with E-state index >= 15 is 0 Å². The molecule has 0 aliphatic heterocycles. The number of anilines is 1. The molecule has 88 valence electrons. The highest BCUT2D eigenvalue weighted by Gasteiger charge is 2.14. The van der Waals surface area contributed by atoms with Crippen molar-refractivity contribution in [1.82, 2.24) is 4.90 Å². The first-order valence-electron chi connectivity index (χ1n) is 4.95. The van der Waals surface area contributed by atoms with Gasteiger partial charge >= 0.3 is 6.03 Å². The van der Waals surface area contributed by atoms with Crippen molar-refractivity contribution in [3.05, 3.63) is 29.3 Å². The summed E-state index contributed by atoms with van der Waals surface area (Å²) in [7, 11) is 1.63. The molecule has 0 saturated heterocycles. The topological polar surface area (TPSA) is 52.6 Å². The van der Waals surface area contributed by atoms with E-state index in [9.17, 15) is 4.79 Å². The number of aliphatic hydroxyl groups is 1. The molecule has 5 heteroatoms. The maximum atomic E-state index is 11.7. The number of hydrogen-bond donors (Lipinski definition) is 2. The van der Waals surface area contributed by atoms with Crippen LogP contribution in [0.5, 0.6) is 0 Å². The molecule has 2 N–H and O–H groups in total. The number of nitrogens with one attached hydrogen (secondary N) is 1. The molecule has 1 aromatic carbocycles. The number of benzene rings is 1. The van der Waals surface area contributed by atoms with Crippen molar-refractivity contribution in [3.63, 3.8) is 0 Å². The monoisotopic (exact) mass is 242 g/mol. The Morgan fingerprint density at radius 2 is 2.31 bits per heavy atom. The number of hydrogen-bond acceptors (Lipinski definition) is 2. The van der Waals surface area contributed by atoms with Crippen LogP contribution in [0.3, 0.4) is 0 Å². The van der Waals surface area contributed by atoms with E-state index in [-0.39, 0.29) is 18.7 Å². The molecular weight excluding hydrogens is 228 g/mol. The van der Waals surface area contributed by atoms with Gasteiger partial charge in [-0.1, -0.05) is 17.7 Å². The zero-order valence-electron chi connectivity index (χ0n) is 9.27. The second kappa shape index (κ2) is 5.72. The molecule has 0 heterocycles. The highest BCUT2D eigenvalue weighted by Crippen LogP contribution is 2.15. The lowest BCUT2D eigenvalue weighted by Gasteiger charge is -2.23. The highest BCUT2D eigenvalue weighted by molar-refractivity contribution is 6.30. The van der Waals surface area contributed by atoms with Crippen LogP contribution < -0.4 is 5.32 Å². The first-order valence-corrected chi connectivity index (χ1v) is 5.32. The third kappa shape index (κ3) is 3.40. The number of carbonyl (C=O) groups is 1. The number of carbonyl (C=O) groups excluding carboxylic acids is 1. The molecule has 0 aliphatic rings. The van der Waals surface area contributed by atoms with Gasteiger partial charge in [-0.3, -0.25) is 0 Å². The molecule has 0 aliphatic carbocycles. The van der Waals surface area contributed by atoms with E-state index in [0.29, 0.717) is 10.7 Å². The molecule has 2 amide bonds. The molecule has 1 atom stereocenters. The van der Waals surface area contributed by atoms with Gasteiger partial charge in [0.1, 0.15) is 0 Å². The largest absolute Gasteiger partial charge is 0.394 e. The maximum Gasteiger partial charge on any atom is 0.321 e. The Morgan fingerprint density at radius 3 is 2.88 bits per heavy atom. The van der Waals surface area contributed by atoms with Crippen LogP contribution in [0, 0.1) is 0 Å². The maximum absolute atomic E-state index is 11.7. The van der Waals surface area contributed by atoms with Crippen molar-refractivity contribution in [2.24, 2.45) is 0 Å². The summed E-state index contributed by atoms with van der Waals surface area (Å²) in [6, 6.07) is 6.41. The van der Waals surface area contributed by atoms with E-state index in [1.807, 2.05) is 0 Å². The first kappa shape index (κ1) is 12.8. The molecule has 4 nitrogen and oxygen atoms in total. The van der Waals surface area contributed by atoms with Gasteiger partial charge in [0.2, 0.25) is 0 Å². The smallest absolute Gasteiger partial charge is 0.321 e. The molecule has 0 bridgehead atoms. The predicted molar refractivity (Wildman–Crippen MR) is 64.8 cm³/mol. The standard InChI is InChI=1S/C11H15ClN2O2/c1-8(7-15)14(2)11(16)13-10-5-3-4-9(12)6-10/h3-6,8,15H,7H2,1-2H3,(H,13,16). The van der Waals surface area contributed by atoms with E-state index in [0.717, 1.165) is 0 Å². The molecule has 0 saturated carbocycles. The summed E-state index contributed by atoms with van der Waals surface area (Å²) in [6.07, 6.45) is 0. The molecular formula is C11H15ClN2O2. The van der Waals surface area contributed by atoms with E-state index in [2.05, 4.69) is 5.32 Å². The molecule has 0 spiro atoms. The van der Waals surface area contributed by atoms with Gasteiger partial charge in [-0.25, -0.2) is 4.79 Å². The number of nitrogens with zero attached hydrogens (tertiary/aromatic N) is 1. The number of urea groups is 1. The van der Waals surface area contributed by atoms with Crippen molar-refractivity contribution in [2.75, 3.05) is 19.0 Å². The average Bonchev–Trinajstić information content (AvgIpc) is 2.27. The van der Waals surface area contributed by atoms with Gasteiger partial charge in [0.05, 0.1) is 12.6 Å². The Balaban J connectivity index is 2.64. The first-order chi connectivity index (χ1) is 7.54. The second-order valence-corrected chi connectivity index (χ2v) is 4.02. The minimum atomic E-state index is -0.274. The van der Waals surface area contributed by atoms with Crippen LogP contribution >= 0.6 is 11.6 Å². The lowest BCUT2D eigenvalue weighted by molar-refractivity contribution is 0.166. The number of amides is 2. The second-order valence-electron chi connectivity index (χ2n) is 3.58. The summed E-state index contributed by atoms with van der Waals surface area (Å²) in [6.45, 7) is 1.69. The van der Waals surface area contributed by atoms with Crippen molar-refractivity contribution < 1.29 is 9.90 Å². The molecule has 1 unspecified atom stereocenters. The van der Waals surface area contributed by atoms with E-state index in [4.69, 9.17) is 16.7 Å². The van der Waals surface area contributed by atoms with Gasteiger partial charge in [0.25, 0.3) is 0 Å². The summed E-state index contributed by atoms with van der Waals surface area (Å²) in [4.78, 5) is 13.1. The Kier molecular flexibility index (Phi) is 4.58. The summed E-state index contributed by atoms with van der Waals surface area (Å²) < 4.78 is 0. The average molecular weight is 243 g/mol. The zero-order chi connectivity index (χ0) is 12.1. The van der Waals surface area contributed by atoms with Crippen molar-refractivity contribution in [3.8, 4) is 0 Å². The van der Waals surface area contributed by atoms with E-state index in [1.165, 1.54) is 4.90 Å². The third-order valence-corrected chi connectivity index (χ3v) is 2.56. The van der Waals surface area contributed by atoms with Crippen LogP contribution in [-0.4, -0.2) is 35.7 Å². The van der Waals surface area contributed by atoms with Crippen LogP contribution in [0.2, 0.25) is 5.02 Å². The molecule has 0 aromatic heterocycles. The molecule has 0 fully saturated rings. The van der Waals surface area contributed by atoms with E-state index < -0.39 is 0 Å². The molecule has 16 heavy (non-hydrogen) atoms. The van der Waals surface area contributed by atoms with Crippen LogP contribution in [0.1, 0.15) is 6.92 Å². The van der Waals surface area contributed by atoms with Gasteiger partial charge in [0.15, 0.2) is 0 Å². The fourth-order valence-electron chi connectivity index (χ4n) is 1.10. The predicted octanol–water partition coefficient (Wildman–Crippen LogP) is 2.18. The zero-order valence-corrected chi connectivity index (χ0v) is 10.0. The minimum absolute atomic E-state index is 0.0700. The normalized spacial score (nSPS) is 12.0. The lowest BCUT2D eigenvalue weighted by atomic mass is 10.3. The number of likely N-dealkylation sites (N-methyl/N-ethyl adjacent to an activating group) is 1. The molecule has 1 aromatic rings. The SMILES string of the molecule is CC(CO)N(C)C(=O)Nc1cccc(Cl)c1. The summed E-state index contributed by atoms with van der Waals surface area (Å²) in [5, 5.41) is 12.2.